The maximum Gasteiger partial charge on any atom is 0.246 e. The van der Waals surface area contributed by atoms with Gasteiger partial charge in [0.1, 0.15) is 5.82 Å². The highest BCUT2D eigenvalue weighted by molar-refractivity contribution is 6.30. The zero-order valence-corrected chi connectivity index (χ0v) is 16.7. The molecule has 5 nitrogen and oxygen atoms in total. The first-order valence-corrected chi connectivity index (χ1v) is 9.97. The Balaban J connectivity index is 1.43. The summed E-state index contributed by atoms with van der Waals surface area (Å²) in [4.78, 5) is 17.0. The Kier molecular flexibility index (Phi) is 5.85. The van der Waals surface area contributed by atoms with Gasteiger partial charge in [0.25, 0.3) is 0 Å². The van der Waals surface area contributed by atoms with Gasteiger partial charge in [0.2, 0.25) is 5.91 Å². The molecule has 2 heterocycles. The molecule has 2 aromatic carbocycles. The SMILES string of the molecule is Nc1cc(Cl)ccc1C=CC(=O)N1CC2COCC(C1)N2Cc1ccc(F)cc1. The number of piperazine rings is 1. The second-order valence-electron chi connectivity index (χ2n) is 7.49. The normalized spacial score (nSPS) is 22.2. The molecule has 2 fully saturated rings. The van der Waals surface area contributed by atoms with Gasteiger partial charge in [-0.1, -0.05) is 29.8 Å². The quantitative estimate of drug-likeness (QED) is 0.615. The van der Waals surface area contributed by atoms with Crippen LogP contribution in [0.5, 0.6) is 0 Å². The van der Waals surface area contributed by atoms with Crippen LogP contribution in [0.1, 0.15) is 11.1 Å². The number of halogens is 2. The van der Waals surface area contributed by atoms with Crippen molar-refractivity contribution in [3.63, 3.8) is 0 Å². The van der Waals surface area contributed by atoms with Crippen LogP contribution in [-0.4, -0.2) is 54.1 Å². The predicted octanol–water partition coefficient (Wildman–Crippen LogP) is 3.19. The average molecular weight is 416 g/mol. The lowest BCUT2D eigenvalue weighted by molar-refractivity contribution is -0.141. The van der Waals surface area contributed by atoms with Crippen LogP contribution in [0.15, 0.2) is 48.5 Å². The van der Waals surface area contributed by atoms with E-state index in [4.69, 9.17) is 22.1 Å². The molecule has 2 unspecified atom stereocenters. The molecule has 0 aromatic heterocycles. The van der Waals surface area contributed by atoms with E-state index in [9.17, 15) is 9.18 Å². The number of amides is 1. The lowest BCUT2D eigenvalue weighted by atomic mass is 10.0. The summed E-state index contributed by atoms with van der Waals surface area (Å²) >= 11 is 5.92. The molecule has 152 valence electrons. The van der Waals surface area contributed by atoms with Gasteiger partial charge in [-0.25, -0.2) is 4.39 Å². The average Bonchev–Trinajstić information content (AvgIpc) is 2.68. The largest absolute Gasteiger partial charge is 0.398 e. The molecule has 2 saturated heterocycles. The predicted molar refractivity (Wildman–Crippen MR) is 112 cm³/mol. The van der Waals surface area contributed by atoms with Crippen LogP contribution in [0.4, 0.5) is 10.1 Å². The Morgan fingerprint density at radius 3 is 2.52 bits per heavy atom. The van der Waals surface area contributed by atoms with E-state index in [2.05, 4.69) is 4.90 Å². The fourth-order valence-corrected chi connectivity index (χ4v) is 4.11. The summed E-state index contributed by atoms with van der Waals surface area (Å²) in [5.74, 6) is -0.279. The van der Waals surface area contributed by atoms with E-state index in [-0.39, 0.29) is 23.8 Å². The van der Waals surface area contributed by atoms with Gasteiger partial charge in [0.15, 0.2) is 0 Å². The van der Waals surface area contributed by atoms with Crippen molar-refractivity contribution in [2.45, 2.75) is 18.6 Å². The Labute approximate surface area is 174 Å². The lowest BCUT2D eigenvalue weighted by Gasteiger charge is -2.49. The number of benzene rings is 2. The van der Waals surface area contributed by atoms with Gasteiger partial charge >= 0.3 is 0 Å². The zero-order valence-electron chi connectivity index (χ0n) is 15.9. The first-order chi connectivity index (χ1) is 14.0. The third-order valence-electron chi connectivity index (χ3n) is 5.47. The molecule has 0 radical (unpaired) electrons. The van der Waals surface area contributed by atoms with Crippen LogP contribution in [0.25, 0.3) is 6.08 Å². The van der Waals surface area contributed by atoms with Crippen molar-refractivity contribution in [3.05, 3.63) is 70.5 Å². The van der Waals surface area contributed by atoms with E-state index in [1.165, 1.54) is 12.1 Å². The van der Waals surface area contributed by atoms with Crippen molar-refractivity contribution in [2.75, 3.05) is 32.0 Å². The molecule has 2 atom stereocenters. The number of ether oxygens (including phenoxy) is 1. The minimum atomic E-state index is -0.235. The summed E-state index contributed by atoms with van der Waals surface area (Å²) in [6.45, 7) is 3.07. The van der Waals surface area contributed by atoms with E-state index >= 15 is 0 Å². The molecule has 7 heteroatoms. The van der Waals surface area contributed by atoms with E-state index in [1.807, 2.05) is 17.0 Å². The molecule has 2 aromatic rings. The van der Waals surface area contributed by atoms with Crippen molar-refractivity contribution >= 4 is 29.3 Å². The Morgan fingerprint density at radius 1 is 1.17 bits per heavy atom. The molecule has 0 aliphatic carbocycles. The summed E-state index contributed by atoms with van der Waals surface area (Å²) in [6, 6.07) is 12.0. The van der Waals surface area contributed by atoms with Gasteiger partial charge in [0, 0.05) is 36.4 Å². The summed E-state index contributed by atoms with van der Waals surface area (Å²) in [5, 5.41) is 0.566. The van der Waals surface area contributed by atoms with E-state index in [0.717, 1.165) is 17.7 Å². The lowest BCUT2D eigenvalue weighted by Crippen LogP contribution is -2.64. The minimum Gasteiger partial charge on any atom is -0.398 e. The molecular weight excluding hydrogens is 393 g/mol. The highest BCUT2D eigenvalue weighted by atomic mass is 35.5. The maximum atomic E-state index is 13.2. The number of hydrogen-bond donors (Lipinski definition) is 1. The topological polar surface area (TPSA) is 58.8 Å². The van der Waals surface area contributed by atoms with Crippen LogP contribution < -0.4 is 5.73 Å². The molecule has 29 heavy (non-hydrogen) atoms. The highest BCUT2D eigenvalue weighted by Gasteiger charge is 2.39. The smallest absolute Gasteiger partial charge is 0.246 e. The maximum absolute atomic E-state index is 13.2. The van der Waals surface area contributed by atoms with Gasteiger partial charge in [-0.15, -0.1) is 0 Å². The van der Waals surface area contributed by atoms with Gasteiger partial charge in [-0.2, -0.15) is 0 Å². The fourth-order valence-electron chi connectivity index (χ4n) is 3.93. The van der Waals surface area contributed by atoms with Crippen molar-refractivity contribution in [2.24, 2.45) is 0 Å². The van der Waals surface area contributed by atoms with E-state index < -0.39 is 0 Å². The van der Waals surface area contributed by atoms with E-state index in [1.54, 1.807) is 30.4 Å². The van der Waals surface area contributed by atoms with Crippen molar-refractivity contribution < 1.29 is 13.9 Å². The van der Waals surface area contributed by atoms with Crippen LogP contribution >= 0.6 is 11.6 Å². The molecule has 4 rings (SSSR count). The number of carbonyl (C=O) groups is 1. The number of anilines is 1. The number of hydrogen-bond acceptors (Lipinski definition) is 4. The molecular formula is C22H23ClFN3O2. The van der Waals surface area contributed by atoms with Crippen LogP contribution in [0.2, 0.25) is 5.02 Å². The first kappa shape index (κ1) is 19.9. The first-order valence-electron chi connectivity index (χ1n) is 9.59. The number of carbonyl (C=O) groups excluding carboxylic acids is 1. The Hall–Kier alpha value is -2.41. The Bertz CT molecular complexity index is 905. The second-order valence-corrected chi connectivity index (χ2v) is 7.93. The molecule has 0 spiro atoms. The summed E-state index contributed by atoms with van der Waals surface area (Å²) in [5.41, 5.74) is 8.31. The van der Waals surface area contributed by atoms with Gasteiger partial charge in [-0.3, -0.25) is 9.69 Å². The van der Waals surface area contributed by atoms with Crippen LogP contribution in [-0.2, 0) is 16.1 Å². The summed E-state index contributed by atoms with van der Waals surface area (Å²) in [7, 11) is 0. The van der Waals surface area contributed by atoms with E-state index in [0.29, 0.717) is 37.0 Å². The molecule has 2 aliphatic heterocycles. The number of rotatable bonds is 4. The number of fused-ring (bicyclic) bond motifs is 2. The third kappa shape index (κ3) is 4.61. The summed E-state index contributed by atoms with van der Waals surface area (Å²) in [6.07, 6.45) is 3.29. The third-order valence-corrected chi connectivity index (χ3v) is 5.70. The van der Waals surface area contributed by atoms with Gasteiger partial charge in [-0.05, 0) is 41.5 Å². The molecule has 2 aliphatic rings. The monoisotopic (exact) mass is 415 g/mol. The van der Waals surface area contributed by atoms with Crippen LogP contribution in [0, 0.1) is 5.82 Å². The summed E-state index contributed by atoms with van der Waals surface area (Å²) < 4.78 is 18.9. The van der Waals surface area contributed by atoms with Crippen molar-refractivity contribution in [1.82, 2.24) is 9.80 Å². The highest BCUT2D eigenvalue weighted by Crippen LogP contribution is 2.25. The number of nitrogens with zero attached hydrogens (tertiary/aromatic N) is 2. The van der Waals surface area contributed by atoms with Crippen molar-refractivity contribution in [3.8, 4) is 0 Å². The second kappa shape index (κ2) is 8.53. The number of morpholine rings is 1. The standard InChI is InChI=1S/C22H23ClFN3O2/c23-17-5-3-16(21(25)9-17)4-8-22(28)26-11-19-13-29-14-20(12-26)27(19)10-15-1-6-18(24)7-2-15/h1-9,19-20H,10-14,25H2. The minimum absolute atomic E-state index is 0.0438. The molecule has 2 bridgehead atoms. The molecule has 1 amide bonds. The molecule has 2 N–H and O–H groups in total. The zero-order chi connectivity index (χ0) is 20.4. The fraction of sp³-hybridized carbons (Fsp3) is 0.318. The number of nitrogens with two attached hydrogens (primary N) is 1. The van der Waals surface area contributed by atoms with Gasteiger partial charge < -0.3 is 15.4 Å². The van der Waals surface area contributed by atoms with Gasteiger partial charge in [0.05, 0.1) is 25.3 Å². The van der Waals surface area contributed by atoms with Crippen LogP contribution in [0.3, 0.4) is 0 Å². The van der Waals surface area contributed by atoms with Crippen molar-refractivity contribution in [1.29, 1.82) is 0 Å². The number of nitrogen functional groups attached to an aromatic ring is 1. The Morgan fingerprint density at radius 2 is 1.86 bits per heavy atom. The molecule has 0 saturated carbocycles.